The molecule has 6 aliphatic rings. The van der Waals surface area contributed by atoms with E-state index < -0.39 is 5.60 Å². The molecule has 0 spiro atoms. The van der Waals surface area contributed by atoms with Gasteiger partial charge in [0, 0.05) is 19.1 Å². The number of hydrogen-bond donors (Lipinski definition) is 3. The molecular formula is C27H45NO3. The summed E-state index contributed by atoms with van der Waals surface area (Å²) in [7, 11) is 0. The molecule has 4 nitrogen and oxygen atoms in total. The van der Waals surface area contributed by atoms with E-state index in [2.05, 4.69) is 25.7 Å². The first-order chi connectivity index (χ1) is 14.7. The van der Waals surface area contributed by atoms with Gasteiger partial charge in [-0.15, -0.1) is 0 Å². The van der Waals surface area contributed by atoms with Crippen LogP contribution in [0.1, 0.15) is 78.6 Å². The van der Waals surface area contributed by atoms with E-state index in [4.69, 9.17) is 0 Å². The maximum atomic E-state index is 12.3. The fraction of sp³-hybridized carbons (Fsp3) is 1.00. The summed E-state index contributed by atoms with van der Waals surface area (Å²) in [5, 5.41) is 33.8. The second-order valence-corrected chi connectivity index (χ2v) is 13.3. The van der Waals surface area contributed by atoms with Gasteiger partial charge in [-0.2, -0.15) is 0 Å². The molecule has 0 unspecified atom stereocenters. The van der Waals surface area contributed by atoms with Gasteiger partial charge in [-0.1, -0.05) is 20.8 Å². The normalized spacial score (nSPS) is 61.5. The van der Waals surface area contributed by atoms with Crippen molar-refractivity contribution in [3.63, 3.8) is 0 Å². The van der Waals surface area contributed by atoms with E-state index in [-0.39, 0.29) is 29.5 Å². The molecule has 176 valence electrons. The topological polar surface area (TPSA) is 63.9 Å². The van der Waals surface area contributed by atoms with Gasteiger partial charge < -0.3 is 15.3 Å². The van der Waals surface area contributed by atoms with Gasteiger partial charge in [-0.25, -0.2) is 0 Å². The van der Waals surface area contributed by atoms with Crippen LogP contribution in [-0.2, 0) is 0 Å². The molecule has 13 atom stereocenters. The molecular weight excluding hydrogens is 386 g/mol. The predicted molar refractivity (Wildman–Crippen MR) is 121 cm³/mol. The van der Waals surface area contributed by atoms with Gasteiger partial charge in [-0.05, 0) is 111 Å². The van der Waals surface area contributed by atoms with Crippen LogP contribution in [0.3, 0.4) is 0 Å². The largest absolute Gasteiger partial charge is 0.393 e. The van der Waals surface area contributed by atoms with Gasteiger partial charge >= 0.3 is 0 Å². The van der Waals surface area contributed by atoms with Crippen LogP contribution in [0.15, 0.2) is 0 Å². The third-order valence-corrected chi connectivity index (χ3v) is 12.1. The molecule has 4 saturated carbocycles. The number of aliphatic hydroxyl groups is 3. The number of aliphatic hydroxyl groups excluding tert-OH is 2. The van der Waals surface area contributed by atoms with E-state index in [1.165, 1.54) is 32.4 Å². The summed E-state index contributed by atoms with van der Waals surface area (Å²) in [5.41, 5.74) is -0.503. The maximum Gasteiger partial charge on any atom is 0.0711 e. The van der Waals surface area contributed by atoms with E-state index in [0.29, 0.717) is 17.8 Å². The minimum absolute atomic E-state index is 0.0760. The maximum absolute atomic E-state index is 12.3. The molecule has 4 heteroatoms. The SMILES string of the molecule is C[C@@H]1CC[C@H]2[C@H](C)[C@H]3CC[C@@]4(O)[C@@H]5C[C@@H](O)[C@H]6C[C@@H](O)CC[C@@]6(C)[C@H]5C[C@H]4[C@@H]3CN2C1. The molecule has 0 bridgehead atoms. The van der Waals surface area contributed by atoms with Gasteiger partial charge in [-0.3, -0.25) is 4.90 Å². The Kier molecular flexibility index (Phi) is 4.94. The summed E-state index contributed by atoms with van der Waals surface area (Å²) in [6.45, 7) is 9.76. The second-order valence-electron chi connectivity index (χ2n) is 13.3. The lowest BCUT2D eigenvalue weighted by Gasteiger charge is -2.59. The van der Waals surface area contributed by atoms with Gasteiger partial charge in [0.25, 0.3) is 0 Å². The van der Waals surface area contributed by atoms with Crippen molar-refractivity contribution >= 4 is 0 Å². The van der Waals surface area contributed by atoms with Crippen molar-refractivity contribution in [3.05, 3.63) is 0 Å². The number of rotatable bonds is 0. The van der Waals surface area contributed by atoms with Crippen molar-refractivity contribution < 1.29 is 15.3 Å². The Morgan fingerprint density at radius 2 is 1.58 bits per heavy atom. The van der Waals surface area contributed by atoms with Crippen molar-refractivity contribution in [1.82, 2.24) is 4.90 Å². The highest BCUT2D eigenvalue weighted by Gasteiger charge is 2.67. The average Bonchev–Trinajstić information content (AvgIpc) is 3.03. The van der Waals surface area contributed by atoms with Crippen molar-refractivity contribution in [2.75, 3.05) is 13.1 Å². The smallest absolute Gasteiger partial charge is 0.0711 e. The highest BCUT2D eigenvalue weighted by atomic mass is 16.3. The second kappa shape index (κ2) is 7.17. The summed E-state index contributed by atoms with van der Waals surface area (Å²) in [4.78, 5) is 2.81. The lowest BCUT2D eigenvalue weighted by molar-refractivity contribution is -0.176. The number of nitrogens with zero attached hydrogens (tertiary/aromatic N) is 1. The molecule has 6 fully saturated rings. The van der Waals surface area contributed by atoms with Crippen LogP contribution in [0, 0.1) is 52.8 Å². The molecule has 2 saturated heterocycles. The summed E-state index contributed by atoms with van der Waals surface area (Å²) >= 11 is 0. The van der Waals surface area contributed by atoms with Gasteiger partial charge in [0.1, 0.15) is 0 Å². The minimum atomic E-state index is -0.579. The zero-order chi connectivity index (χ0) is 21.7. The van der Waals surface area contributed by atoms with E-state index in [0.717, 1.165) is 62.3 Å². The fourth-order valence-electron chi connectivity index (χ4n) is 10.6. The van der Waals surface area contributed by atoms with Gasteiger partial charge in [0.2, 0.25) is 0 Å². The van der Waals surface area contributed by atoms with Crippen LogP contribution in [-0.4, -0.2) is 57.2 Å². The van der Waals surface area contributed by atoms with Crippen LogP contribution in [0.2, 0.25) is 0 Å². The van der Waals surface area contributed by atoms with Crippen LogP contribution in [0.25, 0.3) is 0 Å². The van der Waals surface area contributed by atoms with E-state index in [9.17, 15) is 15.3 Å². The molecule has 0 aromatic rings. The first-order valence-electron chi connectivity index (χ1n) is 13.5. The van der Waals surface area contributed by atoms with E-state index in [1.807, 2.05) is 0 Å². The van der Waals surface area contributed by atoms with Crippen molar-refractivity contribution in [2.24, 2.45) is 52.8 Å². The lowest BCUT2D eigenvalue weighted by atomic mass is 9.50. The monoisotopic (exact) mass is 431 g/mol. The average molecular weight is 432 g/mol. The number of hydrogen-bond acceptors (Lipinski definition) is 4. The summed E-state index contributed by atoms with van der Waals surface area (Å²) in [6.07, 6.45) is 8.78. The Morgan fingerprint density at radius 3 is 2.39 bits per heavy atom. The number of fused-ring (bicyclic) bond motifs is 8. The van der Waals surface area contributed by atoms with Crippen molar-refractivity contribution in [1.29, 1.82) is 0 Å². The zero-order valence-corrected chi connectivity index (χ0v) is 19.9. The predicted octanol–water partition coefficient (Wildman–Crippen LogP) is 3.68. The minimum Gasteiger partial charge on any atom is -0.393 e. The molecule has 6 rings (SSSR count). The highest BCUT2D eigenvalue weighted by molar-refractivity contribution is 5.17. The summed E-state index contributed by atoms with van der Waals surface area (Å²) in [6, 6.07) is 0.760. The first kappa shape index (κ1) is 21.4. The highest BCUT2D eigenvalue weighted by Crippen LogP contribution is 2.68. The molecule has 0 aromatic carbocycles. The molecule has 31 heavy (non-hydrogen) atoms. The Morgan fingerprint density at radius 1 is 0.774 bits per heavy atom. The van der Waals surface area contributed by atoms with Crippen LogP contribution in [0.4, 0.5) is 0 Å². The summed E-state index contributed by atoms with van der Waals surface area (Å²) in [5.74, 6) is 4.30. The third-order valence-electron chi connectivity index (χ3n) is 12.1. The fourth-order valence-corrected chi connectivity index (χ4v) is 10.6. The zero-order valence-electron chi connectivity index (χ0n) is 19.9. The Balaban J connectivity index is 1.32. The standard InChI is InChI=1S/C27H45NO3/c1-15-4-5-24-16(2)18-7-9-27(31)20(19(18)14-28(24)13-15)11-21-22(27)12-25(30)23-10-17(29)6-8-26(21,23)3/h15-25,29-31H,4-14H2,1-3H3/t15-,16-,17+,18-,19-,20+,21+,22-,23-,24+,25-,26+,27+/m1/s1. The lowest BCUT2D eigenvalue weighted by Crippen LogP contribution is -2.62. The molecule has 0 radical (unpaired) electrons. The van der Waals surface area contributed by atoms with Crippen molar-refractivity contribution in [3.8, 4) is 0 Å². The number of piperidine rings is 2. The first-order valence-corrected chi connectivity index (χ1v) is 13.5. The summed E-state index contributed by atoms with van der Waals surface area (Å²) < 4.78 is 0. The van der Waals surface area contributed by atoms with Gasteiger partial charge in [0.05, 0.1) is 17.8 Å². The van der Waals surface area contributed by atoms with Gasteiger partial charge in [0.15, 0.2) is 0 Å². The van der Waals surface area contributed by atoms with Crippen LogP contribution < -0.4 is 0 Å². The third kappa shape index (κ3) is 2.93. The Bertz CT molecular complexity index is 713. The van der Waals surface area contributed by atoms with Crippen molar-refractivity contribution in [2.45, 2.75) is 102 Å². The Hall–Kier alpha value is -0.160. The quantitative estimate of drug-likeness (QED) is 0.547. The Labute approximate surface area is 188 Å². The van der Waals surface area contributed by atoms with E-state index in [1.54, 1.807) is 0 Å². The van der Waals surface area contributed by atoms with Crippen LogP contribution in [0.5, 0.6) is 0 Å². The molecule has 0 aromatic heterocycles. The molecule has 2 aliphatic heterocycles. The molecule has 3 N–H and O–H groups in total. The van der Waals surface area contributed by atoms with Crippen LogP contribution >= 0.6 is 0 Å². The molecule has 2 heterocycles. The molecule has 0 amide bonds. The molecule has 4 aliphatic carbocycles. The van der Waals surface area contributed by atoms with E-state index >= 15 is 0 Å².